The fourth-order valence-corrected chi connectivity index (χ4v) is 4.83. The Morgan fingerprint density at radius 2 is 1.08 bits per heavy atom. The molecule has 0 heterocycles. The number of carbonyl (C=O) groups excluding carboxylic acids is 1. The molecule has 0 aliphatic rings. The minimum atomic E-state index is -0.942. The average Bonchev–Trinajstić information content (AvgIpc) is 2.88. The van der Waals surface area contributed by atoms with E-state index in [0.717, 1.165) is 19.3 Å². The number of unbranched alkanes of at least 4 members (excludes halogenated alkanes) is 20. The van der Waals surface area contributed by atoms with Gasteiger partial charge in [0.1, 0.15) is 6.61 Å². The number of rotatable bonds is 29. The monoisotopic (exact) mass is 520 g/mol. The average molecular weight is 521 g/mol. The van der Waals surface area contributed by atoms with Gasteiger partial charge >= 0.3 is 11.9 Å². The second-order valence-electron chi connectivity index (χ2n) is 10.8. The van der Waals surface area contributed by atoms with Crippen molar-refractivity contribution in [1.29, 1.82) is 0 Å². The van der Waals surface area contributed by atoms with Crippen LogP contribution in [-0.2, 0) is 14.3 Å². The van der Waals surface area contributed by atoms with Crippen molar-refractivity contribution in [3.63, 3.8) is 0 Å². The van der Waals surface area contributed by atoms with Crippen LogP contribution in [0.3, 0.4) is 0 Å². The van der Waals surface area contributed by atoms with Crippen LogP contribution in [0.5, 0.6) is 0 Å². The first-order valence-corrected chi connectivity index (χ1v) is 15.8. The highest BCUT2D eigenvalue weighted by Gasteiger charge is 2.22. The molecule has 1 N–H and O–H groups in total. The maximum absolute atomic E-state index is 12.0. The van der Waals surface area contributed by atoms with E-state index in [2.05, 4.69) is 25.7 Å². The number of hydrogen-bond donors (Lipinski definition) is 1. The highest BCUT2D eigenvalue weighted by Crippen LogP contribution is 2.18. The van der Waals surface area contributed by atoms with E-state index in [1.54, 1.807) is 0 Å². The minimum Gasteiger partial charge on any atom is -0.481 e. The fourth-order valence-electron chi connectivity index (χ4n) is 4.83. The van der Waals surface area contributed by atoms with E-state index in [1.165, 1.54) is 128 Å². The van der Waals surface area contributed by atoms with Crippen molar-refractivity contribution >= 4 is 11.9 Å². The van der Waals surface area contributed by atoms with Crippen molar-refractivity contribution < 1.29 is 19.4 Å². The Hall–Kier alpha value is -1.58. The maximum atomic E-state index is 12.0. The van der Waals surface area contributed by atoms with Gasteiger partial charge in [-0.25, -0.2) is 0 Å². The molecule has 0 aromatic carbocycles. The summed E-state index contributed by atoms with van der Waals surface area (Å²) in [4.78, 5) is 23.0. The van der Waals surface area contributed by atoms with Gasteiger partial charge in [0.05, 0.1) is 12.3 Å². The number of carbonyl (C=O) groups is 2. The number of carboxylic acids is 1. The van der Waals surface area contributed by atoms with E-state index in [0.29, 0.717) is 6.42 Å². The number of allylic oxidation sites excluding steroid dienone is 2. The first kappa shape index (κ1) is 35.4. The van der Waals surface area contributed by atoms with Crippen molar-refractivity contribution in [2.45, 2.75) is 161 Å². The molecule has 1 atom stereocenters. The second-order valence-corrected chi connectivity index (χ2v) is 10.8. The molecule has 216 valence electrons. The molecule has 0 aliphatic carbocycles. The molecule has 0 bridgehead atoms. The molecule has 4 nitrogen and oxygen atoms in total. The Morgan fingerprint density at radius 3 is 1.49 bits per heavy atom. The van der Waals surface area contributed by atoms with Gasteiger partial charge in [-0.3, -0.25) is 9.59 Å². The van der Waals surface area contributed by atoms with Crippen molar-refractivity contribution in [3.05, 3.63) is 24.8 Å². The van der Waals surface area contributed by atoms with E-state index in [4.69, 9.17) is 9.84 Å². The van der Waals surface area contributed by atoms with E-state index >= 15 is 0 Å². The number of ether oxygens (including phenoxy) is 1. The molecule has 0 aliphatic heterocycles. The zero-order chi connectivity index (χ0) is 27.2. The molecule has 0 aromatic heterocycles. The van der Waals surface area contributed by atoms with Crippen LogP contribution in [0.4, 0.5) is 0 Å². The lowest BCUT2D eigenvalue weighted by Gasteiger charge is -2.13. The quantitative estimate of drug-likeness (QED) is 0.0605. The lowest BCUT2D eigenvalue weighted by molar-refractivity contribution is -0.152. The van der Waals surface area contributed by atoms with E-state index < -0.39 is 17.9 Å². The first-order valence-electron chi connectivity index (χ1n) is 15.8. The molecule has 0 saturated heterocycles. The largest absolute Gasteiger partial charge is 0.481 e. The van der Waals surface area contributed by atoms with Crippen LogP contribution in [0, 0.1) is 5.92 Å². The van der Waals surface area contributed by atoms with Gasteiger partial charge in [0.2, 0.25) is 0 Å². The zero-order valence-electron chi connectivity index (χ0n) is 24.4. The van der Waals surface area contributed by atoms with Crippen molar-refractivity contribution in [1.82, 2.24) is 0 Å². The summed E-state index contributed by atoms with van der Waals surface area (Å²) in [6.45, 7) is 5.94. The summed E-state index contributed by atoms with van der Waals surface area (Å²) in [7, 11) is 0. The van der Waals surface area contributed by atoms with E-state index in [-0.39, 0.29) is 13.0 Å². The Labute approximate surface area is 229 Å². The van der Waals surface area contributed by atoms with Gasteiger partial charge in [0, 0.05) is 0 Å². The molecular formula is C33H60O4. The molecule has 0 fully saturated rings. The minimum absolute atomic E-state index is 0.145. The summed E-state index contributed by atoms with van der Waals surface area (Å²) in [5.41, 5.74) is 0. The first-order chi connectivity index (χ1) is 18.1. The third-order valence-corrected chi connectivity index (χ3v) is 7.16. The van der Waals surface area contributed by atoms with Crippen LogP contribution in [-0.4, -0.2) is 23.7 Å². The third kappa shape index (κ3) is 27.3. The van der Waals surface area contributed by atoms with Crippen LogP contribution in [0.25, 0.3) is 0 Å². The molecule has 0 saturated carbocycles. The lowest BCUT2D eigenvalue weighted by atomic mass is 9.97. The summed E-state index contributed by atoms with van der Waals surface area (Å²) in [6.07, 6.45) is 35.6. The number of esters is 1. The van der Waals surface area contributed by atoms with Crippen molar-refractivity contribution in [2.24, 2.45) is 5.92 Å². The van der Waals surface area contributed by atoms with Gasteiger partial charge < -0.3 is 9.84 Å². The molecular weight excluding hydrogens is 460 g/mol. The number of carboxylic acid groups (broad SMARTS) is 1. The highest BCUT2D eigenvalue weighted by atomic mass is 16.5. The van der Waals surface area contributed by atoms with E-state index in [9.17, 15) is 9.59 Å². The smallest absolute Gasteiger partial charge is 0.309 e. The normalized spacial score (nSPS) is 12.1. The number of hydrogen-bond acceptors (Lipinski definition) is 3. The van der Waals surface area contributed by atoms with E-state index in [1.807, 2.05) is 0 Å². The van der Waals surface area contributed by atoms with Crippen LogP contribution in [0.15, 0.2) is 24.8 Å². The highest BCUT2D eigenvalue weighted by molar-refractivity contribution is 5.79. The predicted octanol–water partition coefficient (Wildman–Crippen LogP) is 10.4. The maximum Gasteiger partial charge on any atom is 0.309 e. The van der Waals surface area contributed by atoms with Gasteiger partial charge in [0.15, 0.2) is 0 Å². The summed E-state index contributed by atoms with van der Waals surface area (Å²) < 4.78 is 5.04. The Balaban J connectivity index is 3.36. The number of aliphatic carboxylic acids is 1. The molecule has 0 rings (SSSR count). The summed E-state index contributed by atoms with van der Waals surface area (Å²) in [5.74, 6) is -1.88. The molecule has 1 unspecified atom stereocenters. The molecule has 0 spiro atoms. The fraction of sp³-hybridized carbons (Fsp3) is 0.818. The van der Waals surface area contributed by atoms with Gasteiger partial charge in [-0.05, 0) is 32.1 Å². The standard InChI is InChI=1S/C33H60O4/c1-3-5-6-7-8-9-10-11-12-13-14-15-16-17-18-19-20-21-22-23-24-25-26-27-28-31(30-32(34)35)33(36)37-29-4-2/h4,9-10,31H,2-3,5-8,11-30H2,1H3,(H,34,35)/b10-9+. The van der Waals surface area contributed by atoms with Crippen LogP contribution < -0.4 is 0 Å². The van der Waals surface area contributed by atoms with Gasteiger partial charge in [-0.2, -0.15) is 0 Å². The molecule has 0 amide bonds. The topological polar surface area (TPSA) is 63.6 Å². The van der Waals surface area contributed by atoms with Gasteiger partial charge in [0.25, 0.3) is 0 Å². The zero-order valence-corrected chi connectivity index (χ0v) is 24.4. The van der Waals surface area contributed by atoms with Crippen LogP contribution in [0.1, 0.15) is 161 Å². The molecule has 4 heteroatoms. The predicted molar refractivity (Wildman–Crippen MR) is 158 cm³/mol. The Morgan fingerprint density at radius 1 is 0.676 bits per heavy atom. The Kier molecular flexibility index (Phi) is 27.7. The molecule has 0 aromatic rings. The Bertz CT molecular complexity index is 555. The third-order valence-electron chi connectivity index (χ3n) is 7.16. The van der Waals surface area contributed by atoms with Crippen LogP contribution in [0.2, 0.25) is 0 Å². The van der Waals surface area contributed by atoms with Crippen LogP contribution >= 0.6 is 0 Å². The summed E-state index contributed by atoms with van der Waals surface area (Å²) in [5, 5.41) is 9.02. The summed E-state index contributed by atoms with van der Waals surface area (Å²) >= 11 is 0. The van der Waals surface area contributed by atoms with Gasteiger partial charge in [-0.15, -0.1) is 0 Å². The van der Waals surface area contributed by atoms with Crippen molar-refractivity contribution in [3.8, 4) is 0 Å². The van der Waals surface area contributed by atoms with Gasteiger partial charge in [-0.1, -0.05) is 147 Å². The molecule has 0 radical (unpaired) electrons. The second kappa shape index (κ2) is 29.0. The summed E-state index contributed by atoms with van der Waals surface area (Å²) in [6, 6.07) is 0. The van der Waals surface area contributed by atoms with Crippen molar-refractivity contribution in [2.75, 3.05) is 6.61 Å². The molecule has 37 heavy (non-hydrogen) atoms. The lowest BCUT2D eigenvalue weighted by Crippen LogP contribution is -2.21. The SMILES string of the molecule is C=CCOC(=O)C(CCCCCCCCCCCCCCCCCC/C=C/CCCCCC)CC(=O)O.